The van der Waals surface area contributed by atoms with Crippen LogP contribution in [0.1, 0.15) is 38.8 Å². The molecule has 0 aliphatic heterocycles. The van der Waals surface area contributed by atoms with Crippen LogP contribution in [-0.4, -0.2) is 19.1 Å². The van der Waals surface area contributed by atoms with Crippen LogP contribution in [0.5, 0.6) is 5.75 Å². The molecule has 3 atom stereocenters. The number of carbonyl (C=O) groups is 1. The molecular weight excluding hydrogens is 240 g/mol. The van der Waals surface area contributed by atoms with Gasteiger partial charge in [0, 0.05) is 0 Å². The molecule has 0 saturated carbocycles. The second kappa shape index (κ2) is 7.14. The molecule has 0 fully saturated rings. The van der Waals surface area contributed by atoms with Gasteiger partial charge in [-0.2, -0.15) is 0 Å². The van der Waals surface area contributed by atoms with Crippen LogP contribution >= 0.6 is 0 Å². The molecular formula is C15H24N2O2. The van der Waals surface area contributed by atoms with Crippen molar-refractivity contribution >= 4 is 5.91 Å². The lowest BCUT2D eigenvalue weighted by atomic mass is 9.98. The number of hydrogen-bond acceptors (Lipinski definition) is 3. The van der Waals surface area contributed by atoms with Gasteiger partial charge in [0.15, 0.2) is 0 Å². The van der Waals surface area contributed by atoms with E-state index in [4.69, 9.17) is 10.5 Å². The van der Waals surface area contributed by atoms with Crippen LogP contribution in [-0.2, 0) is 4.79 Å². The molecule has 1 unspecified atom stereocenters. The van der Waals surface area contributed by atoms with Crippen LogP contribution in [0, 0.1) is 5.92 Å². The Hall–Kier alpha value is -1.55. The van der Waals surface area contributed by atoms with Crippen LogP contribution in [0.2, 0.25) is 0 Å². The Morgan fingerprint density at radius 2 is 2.11 bits per heavy atom. The molecule has 0 bridgehead atoms. The van der Waals surface area contributed by atoms with E-state index in [-0.39, 0.29) is 17.9 Å². The third-order valence-corrected chi connectivity index (χ3v) is 3.51. The second-order valence-electron chi connectivity index (χ2n) is 4.92. The van der Waals surface area contributed by atoms with E-state index in [1.807, 2.05) is 45.0 Å². The van der Waals surface area contributed by atoms with Crippen LogP contribution < -0.4 is 15.8 Å². The fourth-order valence-corrected chi connectivity index (χ4v) is 1.82. The quantitative estimate of drug-likeness (QED) is 0.828. The number of nitrogens with two attached hydrogens (primary N) is 1. The Morgan fingerprint density at radius 1 is 1.42 bits per heavy atom. The smallest absolute Gasteiger partial charge is 0.237 e. The summed E-state index contributed by atoms with van der Waals surface area (Å²) in [5.41, 5.74) is 6.92. The fraction of sp³-hybridized carbons (Fsp3) is 0.533. The molecule has 1 amide bonds. The first kappa shape index (κ1) is 15.5. The highest BCUT2D eigenvalue weighted by atomic mass is 16.5. The van der Waals surface area contributed by atoms with Crippen molar-refractivity contribution in [3.63, 3.8) is 0 Å². The molecule has 3 N–H and O–H groups in total. The van der Waals surface area contributed by atoms with Gasteiger partial charge in [-0.1, -0.05) is 32.4 Å². The zero-order valence-corrected chi connectivity index (χ0v) is 12.1. The number of nitrogens with one attached hydrogen (secondary N) is 1. The van der Waals surface area contributed by atoms with Gasteiger partial charge in [0.05, 0.1) is 19.2 Å². The van der Waals surface area contributed by atoms with Gasteiger partial charge in [0.25, 0.3) is 0 Å². The Kier molecular flexibility index (Phi) is 5.83. The fourth-order valence-electron chi connectivity index (χ4n) is 1.82. The second-order valence-corrected chi connectivity index (χ2v) is 4.92. The number of methoxy groups -OCH3 is 1. The molecule has 0 radical (unpaired) electrons. The number of rotatable bonds is 6. The lowest BCUT2D eigenvalue weighted by Gasteiger charge is -2.21. The molecule has 0 heterocycles. The first-order valence-electron chi connectivity index (χ1n) is 6.69. The summed E-state index contributed by atoms with van der Waals surface area (Å²) < 4.78 is 5.18. The summed E-state index contributed by atoms with van der Waals surface area (Å²) in [6.07, 6.45) is 0.891. The largest absolute Gasteiger partial charge is 0.497 e. The van der Waals surface area contributed by atoms with E-state index >= 15 is 0 Å². The van der Waals surface area contributed by atoms with Crippen molar-refractivity contribution in [1.29, 1.82) is 0 Å². The van der Waals surface area contributed by atoms with Crippen molar-refractivity contribution in [2.24, 2.45) is 11.7 Å². The molecule has 0 aliphatic rings. The SMILES string of the molecule is CC[C@H](C)[C@H](N)C(=O)NC(C)c1cccc(OC)c1. The maximum atomic E-state index is 12.0. The minimum absolute atomic E-state index is 0.0855. The maximum absolute atomic E-state index is 12.0. The maximum Gasteiger partial charge on any atom is 0.237 e. The van der Waals surface area contributed by atoms with Gasteiger partial charge in [-0.15, -0.1) is 0 Å². The summed E-state index contributed by atoms with van der Waals surface area (Å²) in [5.74, 6) is 0.854. The zero-order chi connectivity index (χ0) is 14.4. The Morgan fingerprint density at radius 3 is 2.68 bits per heavy atom. The predicted molar refractivity (Wildman–Crippen MR) is 77.0 cm³/mol. The average Bonchev–Trinajstić information content (AvgIpc) is 2.45. The van der Waals surface area contributed by atoms with E-state index in [9.17, 15) is 4.79 Å². The molecule has 0 aromatic heterocycles. The van der Waals surface area contributed by atoms with Crippen molar-refractivity contribution in [3.05, 3.63) is 29.8 Å². The van der Waals surface area contributed by atoms with Gasteiger partial charge >= 0.3 is 0 Å². The minimum atomic E-state index is -0.460. The monoisotopic (exact) mass is 264 g/mol. The van der Waals surface area contributed by atoms with Gasteiger partial charge in [0.1, 0.15) is 5.75 Å². The highest BCUT2D eigenvalue weighted by Gasteiger charge is 2.21. The van der Waals surface area contributed by atoms with Crippen molar-refractivity contribution in [2.45, 2.75) is 39.3 Å². The summed E-state index contributed by atoms with van der Waals surface area (Å²) >= 11 is 0. The highest BCUT2D eigenvalue weighted by Crippen LogP contribution is 2.19. The number of hydrogen-bond donors (Lipinski definition) is 2. The zero-order valence-electron chi connectivity index (χ0n) is 12.1. The average molecular weight is 264 g/mol. The third-order valence-electron chi connectivity index (χ3n) is 3.51. The predicted octanol–water partition coefficient (Wildman–Crippen LogP) is 2.25. The first-order chi connectivity index (χ1) is 8.99. The Labute approximate surface area is 115 Å². The lowest BCUT2D eigenvalue weighted by Crippen LogP contribution is -2.45. The van der Waals surface area contributed by atoms with E-state index in [1.165, 1.54) is 0 Å². The topological polar surface area (TPSA) is 64.4 Å². The van der Waals surface area contributed by atoms with Crippen molar-refractivity contribution < 1.29 is 9.53 Å². The summed E-state index contributed by atoms with van der Waals surface area (Å²) in [6, 6.07) is 7.12. The normalized spacial score (nSPS) is 15.4. The summed E-state index contributed by atoms with van der Waals surface area (Å²) in [4.78, 5) is 12.0. The molecule has 1 aromatic rings. The van der Waals surface area contributed by atoms with Gasteiger partial charge in [-0.3, -0.25) is 4.79 Å². The van der Waals surface area contributed by atoms with E-state index in [0.29, 0.717) is 0 Å². The molecule has 1 aromatic carbocycles. The molecule has 1 rings (SSSR count). The molecule has 106 valence electrons. The van der Waals surface area contributed by atoms with E-state index < -0.39 is 6.04 Å². The number of benzene rings is 1. The van der Waals surface area contributed by atoms with Crippen LogP contribution in [0.25, 0.3) is 0 Å². The number of amides is 1. The molecule has 19 heavy (non-hydrogen) atoms. The summed E-state index contributed by atoms with van der Waals surface area (Å²) in [5, 5.41) is 2.94. The van der Waals surface area contributed by atoms with Crippen molar-refractivity contribution in [3.8, 4) is 5.75 Å². The molecule has 4 heteroatoms. The summed E-state index contributed by atoms with van der Waals surface area (Å²) in [7, 11) is 1.63. The van der Waals surface area contributed by atoms with Crippen LogP contribution in [0.3, 0.4) is 0 Å². The minimum Gasteiger partial charge on any atom is -0.497 e. The van der Waals surface area contributed by atoms with Gasteiger partial charge < -0.3 is 15.8 Å². The number of carbonyl (C=O) groups excluding carboxylic acids is 1. The number of ether oxygens (including phenoxy) is 1. The standard InChI is InChI=1S/C15H24N2O2/c1-5-10(2)14(16)15(18)17-11(3)12-7-6-8-13(9-12)19-4/h6-11,14H,5,16H2,1-4H3,(H,17,18)/t10-,11?,14-/m0/s1. The van der Waals surface area contributed by atoms with E-state index in [0.717, 1.165) is 17.7 Å². The molecule has 4 nitrogen and oxygen atoms in total. The van der Waals surface area contributed by atoms with Gasteiger partial charge in [-0.05, 0) is 30.5 Å². The molecule has 0 aliphatic carbocycles. The summed E-state index contributed by atoms with van der Waals surface area (Å²) in [6.45, 7) is 5.96. The van der Waals surface area contributed by atoms with Crippen LogP contribution in [0.4, 0.5) is 0 Å². The highest BCUT2D eigenvalue weighted by molar-refractivity contribution is 5.82. The van der Waals surface area contributed by atoms with Crippen LogP contribution in [0.15, 0.2) is 24.3 Å². The van der Waals surface area contributed by atoms with Crippen molar-refractivity contribution in [1.82, 2.24) is 5.32 Å². The van der Waals surface area contributed by atoms with Gasteiger partial charge in [-0.25, -0.2) is 0 Å². The molecule has 0 spiro atoms. The van der Waals surface area contributed by atoms with E-state index in [1.54, 1.807) is 7.11 Å². The lowest BCUT2D eigenvalue weighted by molar-refractivity contribution is -0.124. The molecule has 0 saturated heterocycles. The Balaban J connectivity index is 2.68. The van der Waals surface area contributed by atoms with E-state index in [2.05, 4.69) is 5.32 Å². The third kappa shape index (κ3) is 4.24. The van der Waals surface area contributed by atoms with Crippen molar-refractivity contribution in [2.75, 3.05) is 7.11 Å². The van der Waals surface area contributed by atoms with Gasteiger partial charge in [0.2, 0.25) is 5.91 Å². The Bertz CT molecular complexity index is 420. The first-order valence-corrected chi connectivity index (χ1v) is 6.69.